The van der Waals surface area contributed by atoms with Crippen molar-refractivity contribution >= 4 is 45.9 Å². The van der Waals surface area contributed by atoms with E-state index >= 15 is 0 Å². The molecule has 1 aliphatic heterocycles. The van der Waals surface area contributed by atoms with E-state index in [1.807, 2.05) is 0 Å². The molecule has 4 rings (SSSR count). The lowest BCUT2D eigenvalue weighted by molar-refractivity contribution is -0.0221. The number of rotatable bonds is 3. The van der Waals surface area contributed by atoms with Crippen LogP contribution in [0.2, 0.25) is 5.02 Å². The summed E-state index contributed by atoms with van der Waals surface area (Å²) in [7, 11) is 0. The van der Waals surface area contributed by atoms with Crippen molar-refractivity contribution in [2.75, 3.05) is 28.6 Å². The molecule has 0 radical (unpaired) electrons. The number of carbonyl (C=O) groups is 1. The van der Waals surface area contributed by atoms with E-state index in [9.17, 15) is 18.0 Å². The number of nitrogens with zero attached hydrogens (tertiary/aromatic N) is 3. The molecule has 1 aliphatic rings. The van der Waals surface area contributed by atoms with E-state index in [1.54, 1.807) is 4.90 Å². The maximum Gasteiger partial charge on any atom is 0.323 e. The topological polar surface area (TPSA) is 85.9 Å². The van der Waals surface area contributed by atoms with E-state index in [4.69, 9.17) is 11.6 Å². The van der Waals surface area contributed by atoms with Gasteiger partial charge in [0.05, 0.1) is 34.3 Å². The lowest BCUT2D eigenvalue weighted by Crippen LogP contribution is -2.39. The second kappa shape index (κ2) is 7.43. The number of carbonyl (C=O) groups excluding carboxylic acids is 1. The number of halogens is 4. The zero-order valence-corrected chi connectivity index (χ0v) is 15.7. The largest absolute Gasteiger partial charge is 0.358 e. The summed E-state index contributed by atoms with van der Waals surface area (Å²) in [5.41, 5.74) is 1.57. The molecule has 0 unspecified atom stereocenters. The zero-order chi connectivity index (χ0) is 20.6. The molecule has 11 heteroatoms. The number of alkyl halides is 2. The summed E-state index contributed by atoms with van der Waals surface area (Å²) in [6, 6.07) is 2.20. The Balaban J connectivity index is 1.42. The summed E-state index contributed by atoms with van der Waals surface area (Å²) < 4.78 is 39.8. The second-order valence-corrected chi connectivity index (χ2v) is 7.11. The van der Waals surface area contributed by atoms with E-state index in [2.05, 4.69) is 25.6 Å². The third kappa shape index (κ3) is 4.21. The minimum absolute atomic E-state index is 0.154. The molecule has 0 atom stereocenters. The van der Waals surface area contributed by atoms with E-state index in [0.717, 1.165) is 6.20 Å². The van der Waals surface area contributed by atoms with Crippen LogP contribution in [0.15, 0.2) is 30.7 Å². The van der Waals surface area contributed by atoms with Crippen LogP contribution in [-0.4, -0.2) is 40.0 Å². The Morgan fingerprint density at radius 2 is 1.93 bits per heavy atom. The summed E-state index contributed by atoms with van der Waals surface area (Å²) in [5.74, 6) is -2.75. The Hall–Kier alpha value is -3.01. The van der Waals surface area contributed by atoms with Crippen LogP contribution in [0.4, 0.5) is 35.2 Å². The fourth-order valence-corrected chi connectivity index (χ4v) is 3.43. The van der Waals surface area contributed by atoms with Crippen LogP contribution in [0.3, 0.4) is 0 Å². The van der Waals surface area contributed by atoms with Gasteiger partial charge in [-0.15, -0.1) is 0 Å². The van der Waals surface area contributed by atoms with E-state index in [1.165, 1.54) is 24.5 Å². The highest BCUT2D eigenvalue weighted by Gasteiger charge is 2.34. The van der Waals surface area contributed by atoms with Gasteiger partial charge in [0.2, 0.25) is 0 Å². The van der Waals surface area contributed by atoms with Crippen LogP contribution in [0.25, 0.3) is 11.0 Å². The average molecular weight is 425 g/mol. The number of nitrogens with one attached hydrogen (secondary N) is 3. The lowest BCUT2D eigenvalue weighted by atomic mass is 10.1. The number of pyridine rings is 2. The molecule has 4 heterocycles. The van der Waals surface area contributed by atoms with Crippen LogP contribution in [0.1, 0.15) is 12.8 Å². The Bertz CT molecular complexity index is 1060. The Morgan fingerprint density at radius 3 is 2.66 bits per heavy atom. The average Bonchev–Trinajstić information content (AvgIpc) is 3.04. The van der Waals surface area contributed by atoms with Crippen molar-refractivity contribution in [2.24, 2.45) is 0 Å². The fourth-order valence-electron chi connectivity index (χ4n) is 3.14. The SMILES string of the molecule is O=C(Nc1cnc(N2CCC(F)(F)CC2)c(Cl)c1)Nc1c[nH]c2cc(F)cnc12. The highest BCUT2D eigenvalue weighted by Crippen LogP contribution is 2.33. The smallest absolute Gasteiger partial charge is 0.323 e. The molecular formula is C18H16ClF3N6O. The van der Waals surface area contributed by atoms with Gasteiger partial charge in [-0.25, -0.2) is 27.9 Å². The summed E-state index contributed by atoms with van der Waals surface area (Å²) in [6.07, 6.45) is 3.44. The van der Waals surface area contributed by atoms with Crippen molar-refractivity contribution in [3.8, 4) is 0 Å². The predicted molar refractivity (Wildman–Crippen MR) is 104 cm³/mol. The zero-order valence-electron chi connectivity index (χ0n) is 15.0. The number of urea groups is 1. The van der Waals surface area contributed by atoms with Gasteiger partial charge in [0.15, 0.2) is 0 Å². The maximum absolute atomic E-state index is 13.3. The van der Waals surface area contributed by atoms with Gasteiger partial charge in [0, 0.05) is 38.2 Å². The van der Waals surface area contributed by atoms with Crippen LogP contribution in [0, 0.1) is 5.82 Å². The molecule has 0 aromatic carbocycles. The molecule has 0 bridgehead atoms. The third-order valence-electron chi connectivity index (χ3n) is 4.60. The van der Waals surface area contributed by atoms with Gasteiger partial charge in [-0.3, -0.25) is 0 Å². The molecule has 1 saturated heterocycles. The third-order valence-corrected chi connectivity index (χ3v) is 4.88. The number of anilines is 3. The minimum atomic E-state index is -2.66. The number of fused-ring (bicyclic) bond motifs is 1. The fraction of sp³-hybridized carbons (Fsp3) is 0.278. The van der Waals surface area contributed by atoms with Gasteiger partial charge >= 0.3 is 6.03 Å². The van der Waals surface area contributed by atoms with Crippen LogP contribution in [-0.2, 0) is 0 Å². The van der Waals surface area contributed by atoms with E-state index < -0.39 is 17.8 Å². The molecule has 152 valence electrons. The molecule has 0 saturated carbocycles. The number of H-pyrrole nitrogens is 1. The number of hydrogen-bond donors (Lipinski definition) is 3. The van der Waals surface area contributed by atoms with Gasteiger partial charge in [-0.1, -0.05) is 11.6 Å². The molecule has 7 nitrogen and oxygen atoms in total. The first kappa shape index (κ1) is 19.3. The molecule has 2 amide bonds. The van der Waals surface area contributed by atoms with Crippen molar-refractivity contribution in [3.05, 3.63) is 41.6 Å². The van der Waals surface area contributed by atoms with Gasteiger partial charge in [0.25, 0.3) is 5.92 Å². The number of piperidine rings is 1. The molecule has 0 aliphatic carbocycles. The van der Waals surface area contributed by atoms with Gasteiger partial charge in [0.1, 0.15) is 17.2 Å². The quantitative estimate of drug-likeness (QED) is 0.572. The monoisotopic (exact) mass is 424 g/mol. The van der Waals surface area contributed by atoms with Gasteiger partial charge < -0.3 is 20.5 Å². The maximum atomic E-state index is 13.3. The van der Waals surface area contributed by atoms with Gasteiger partial charge in [-0.05, 0) is 6.07 Å². The van der Waals surface area contributed by atoms with Crippen molar-refractivity contribution in [1.82, 2.24) is 15.0 Å². The van der Waals surface area contributed by atoms with Crippen LogP contribution < -0.4 is 15.5 Å². The van der Waals surface area contributed by atoms with Crippen molar-refractivity contribution < 1.29 is 18.0 Å². The lowest BCUT2D eigenvalue weighted by Gasteiger charge is -2.33. The van der Waals surface area contributed by atoms with Crippen molar-refractivity contribution in [1.29, 1.82) is 0 Å². The number of hydrogen-bond acceptors (Lipinski definition) is 4. The summed E-state index contributed by atoms with van der Waals surface area (Å²) in [5, 5.41) is 5.45. The first-order chi connectivity index (χ1) is 13.8. The van der Waals surface area contributed by atoms with Crippen LogP contribution >= 0.6 is 11.6 Å². The molecule has 3 aromatic rings. The van der Waals surface area contributed by atoms with E-state index in [0.29, 0.717) is 28.2 Å². The Morgan fingerprint density at radius 1 is 1.17 bits per heavy atom. The predicted octanol–water partition coefficient (Wildman–Crippen LogP) is 4.63. The Kier molecular flexibility index (Phi) is 4.95. The number of aromatic nitrogens is 3. The first-order valence-electron chi connectivity index (χ1n) is 8.80. The molecule has 29 heavy (non-hydrogen) atoms. The molecule has 1 fully saturated rings. The van der Waals surface area contributed by atoms with Crippen molar-refractivity contribution in [3.63, 3.8) is 0 Å². The normalized spacial score (nSPS) is 16.1. The highest BCUT2D eigenvalue weighted by molar-refractivity contribution is 6.33. The molecule has 3 aromatic heterocycles. The molecular weight excluding hydrogens is 409 g/mol. The molecule has 3 N–H and O–H groups in total. The summed E-state index contributed by atoms with van der Waals surface area (Å²) in [4.78, 5) is 24.9. The minimum Gasteiger partial charge on any atom is -0.358 e. The second-order valence-electron chi connectivity index (χ2n) is 6.70. The number of aromatic amines is 1. The molecule has 0 spiro atoms. The van der Waals surface area contributed by atoms with E-state index in [-0.39, 0.29) is 31.0 Å². The number of amides is 2. The van der Waals surface area contributed by atoms with Crippen molar-refractivity contribution in [2.45, 2.75) is 18.8 Å². The highest BCUT2D eigenvalue weighted by atomic mass is 35.5. The van der Waals surface area contributed by atoms with Gasteiger partial charge in [-0.2, -0.15) is 0 Å². The summed E-state index contributed by atoms with van der Waals surface area (Å²) >= 11 is 6.24. The standard InChI is InChI=1S/C18H16ClF3N6O/c19-12-6-11(8-25-16(12)28-3-1-18(21,22)2-4-28)26-17(29)27-14-9-23-13-5-10(20)7-24-15(13)14/h5-9,23H,1-4H2,(H2,26,27,29). The first-order valence-corrected chi connectivity index (χ1v) is 9.17. The summed E-state index contributed by atoms with van der Waals surface area (Å²) in [6.45, 7) is 0.308. The Labute approximate surface area is 168 Å². The van der Waals surface area contributed by atoms with Crippen LogP contribution in [0.5, 0.6) is 0 Å².